The van der Waals surface area contributed by atoms with Crippen LogP contribution < -0.4 is 20.0 Å². The monoisotopic (exact) mass is 409 g/mol. The largest absolute Gasteiger partial charge is 0.497 e. The summed E-state index contributed by atoms with van der Waals surface area (Å²) in [4.78, 5) is 7.12. The molecule has 0 saturated carbocycles. The number of hydrogen-bond donors (Lipinski definition) is 1. The van der Waals surface area contributed by atoms with Crippen molar-refractivity contribution in [2.24, 2.45) is 5.10 Å². The molecule has 0 spiro atoms. The maximum atomic E-state index is 5.36. The van der Waals surface area contributed by atoms with Gasteiger partial charge < -0.3 is 14.5 Å². The van der Waals surface area contributed by atoms with Crippen LogP contribution in [0.5, 0.6) is 5.75 Å². The van der Waals surface area contributed by atoms with E-state index in [2.05, 4.69) is 55.6 Å². The molecule has 2 aromatic carbocycles. The van der Waals surface area contributed by atoms with Gasteiger partial charge in [-0.15, -0.1) is 0 Å². The summed E-state index contributed by atoms with van der Waals surface area (Å²) in [5.41, 5.74) is 5.49. The van der Waals surface area contributed by atoms with Gasteiger partial charge in [0.25, 0.3) is 0 Å². The summed E-state index contributed by atoms with van der Waals surface area (Å²) in [5, 5.41) is 6.29. The summed E-state index contributed by atoms with van der Waals surface area (Å²) in [6, 6.07) is 18.6. The Hall–Kier alpha value is -2.64. The van der Waals surface area contributed by atoms with Crippen molar-refractivity contribution in [2.45, 2.75) is 12.6 Å². The second kappa shape index (κ2) is 9.24. The molecule has 0 aliphatic carbocycles. The lowest BCUT2D eigenvalue weighted by molar-refractivity contribution is 0.264. The molecule has 1 unspecified atom stereocenters. The van der Waals surface area contributed by atoms with E-state index in [1.54, 1.807) is 12.5 Å². The molecular formula is C22H27N5OS. The van der Waals surface area contributed by atoms with E-state index in [-0.39, 0.29) is 6.17 Å². The molecular weight excluding hydrogens is 382 g/mol. The molecule has 1 saturated heterocycles. The minimum absolute atomic E-state index is 0.0627. The van der Waals surface area contributed by atoms with E-state index in [1.807, 2.05) is 24.3 Å². The maximum Gasteiger partial charge on any atom is 0.150 e. The highest BCUT2D eigenvalue weighted by molar-refractivity contribution is 7.79. The second-order valence-corrected chi connectivity index (χ2v) is 7.50. The number of amidine groups is 1. The third-order valence-corrected chi connectivity index (χ3v) is 5.75. The molecule has 2 aliphatic heterocycles. The highest BCUT2D eigenvalue weighted by Crippen LogP contribution is 2.23. The average molecular weight is 410 g/mol. The fourth-order valence-corrected chi connectivity index (χ4v) is 4.06. The van der Waals surface area contributed by atoms with Gasteiger partial charge in [0.15, 0.2) is 0 Å². The highest BCUT2D eigenvalue weighted by atomic mass is 32.1. The van der Waals surface area contributed by atoms with Crippen LogP contribution in [0.1, 0.15) is 6.42 Å². The minimum Gasteiger partial charge on any atom is -0.497 e. The van der Waals surface area contributed by atoms with Crippen molar-refractivity contribution in [3.63, 3.8) is 0 Å². The number of hydrazone groups is 1. The van der Waals surface area contributed by atoms with Crippen LogP contribution in [0.2, 0.25) is 0 Å². The third kappa shape index (κ3) is 4.52. The summed E-state index contributed by atoms with van der Waals surface area (Å²) < 4.78 is 5.36. The molecule has 0 aromatic heterocycles. The summed E-state index contributed by atoms with van der Waals surface area (Å²) >= 11 is 5.20. The van der Waals surface area contributed by atoms with Crippen molar-refractivity contribution >= 4 is 34.8 Å². The molecule has 4 rings (SSSR count). The van der Waals surface area contributed by atoms with E-state index >= 15 is 0 Å². The van der Waals surface area contributed by atoms with Gasteiger partial charge in [-0.25, -0.2) is 0 Å². The Morgan fingerprint density at radius 2 is 1.83 bits per heavy atom. The highest BCUT2D eigenvalue weighted by Gasteiger charge is 2.28. The van der Waals surface area contributed by atoms with Crippen LogP contribution in [0.3, 0.4) is 0 Å². The number of rotatable bonds is 7. The number of methoxy groups -OCH3 is 1. The van der Waals surface area contributed by atoms with Crippen LogP contribution >= 0.6 is 12.2 Å². The SMILES string of the molecule is COc1cccc(N2CCN(CCC3=NNC(C=S)N3c3ccccc3)CC2)c1. The number of nitrogens with zero attached hydrogens (tertiary/aromatic N) is 4. The van der Waals surface area contributed by atoms with E-state index in [0.717, 1.165) is 56.4 Å². The maximum absolute atomic E-state index is 5.36. The van der Waals surface area contributed by atoms with E-state index in [1.165, 1.54) is 5.69 Å². The standard InChI is InChI=1S/C22H27N5OS/c1-28-20-9-5-8-19(16-20)26-14-12-25(13-15-26)11-10-21-23-24-22(17-29)27(21)18-6-3-2-4-7-18/h2-9,16-17,22,24H,10-15H2,1H3. The number of hydrogen-bond acceptors (Lipinski definition) is 7. The first-order valence-electron chi connectivity index (χ1n) is 10.0. The Labute approximate surface area is 177 Å². The Balaban J connectivity index is 1.32. The van der Waals surface area contributed by atoms with Gasteiger partial charge in [-0.2, -0.15) is 5.10 Å². The fraction of sp³-hybridized carbons (Fsp3) is 0.364. The number of para-hydroxylation sites is 1. The van der Waals surface area contributed by atoms with Crippen LogP contribution in [-0.2, 0) is 0 Å². The lowest BCUT2D eigenvalue weighted by Crippen LogP contribution is -2.47. The predicted molar refractivity (Wildman–Crippen MR) is 123 cm³/mol. The first-order chi connectivity index (χ1) is 14.3. The van der Waals surface area contributed by atoms with Gasteiger partial charge in [0.1, 0.15) is 17.8 Å². The zero-order valence-corrected chi connectivity index (χ0v) is 17.5. The molecule has 2 aliphatic rings. The second-order valence-electron chi connectivity index (χ2n) is 7.22. The van der Waals surface area contributed by atoms with Crippen LogP contribution in [0.15, 0.2) is 59.7 Å². The van der Waals surface area contributed by atoms with Crippen LogP contribution in [0, 0.1) is 0 Å². The fourth-order valence-electron chi connectivity index (χ4n) is 3.87. The van der Waals surface area contributed by atoms with Crippen molar-refractivity contribution in [3.05, 3.63) is 54.6 Å². The van der Waals surface area contributed by atoms with Crippen molar-refractivity contribution < 1.29 is 4.74 Å². The first kappa shape index (κ1) is 19.7. The van der Waals surface area contributed by atoms with Crippen molar-refractivity contribution in [1.29, 1.82) is 0 Å². The molecule has 0 radical (unpaired) electrons. The Bertz CT molecular complexity index is 851. The average Bonchev–Trinajstić information content (AvgIpc) is 3.21. The van der Waals surface area contributed by atoms with Gasteiger partial charge in [-0.1, -0.05) is 36.5 Å². The van der Waals surface area contributed by atoms with Gasteiger partial charge in [-0.05, 0) is 24.3 Å². The summed E-state index contributed by atoms with van der Waals surface area (Å²) in [6.07, 6.45) is 0.827. The Morgan fingerprint density at radius 1 is 1.07 bits per heavy atom. The van der Waals surface area contributed by atoms with Crippen molar-refractivity contribution in [1.82, 2.24) is 10.3 Å². The molecule has 29 heavy (non-hydrogen) atoms. The van der Waals surface area contributed by atoms with Crippen molar-refractivity contribution in [3.8, 4) is 5.75 Å². The lowest BCUT2D eigenvalue weighted by atomic mass is 10.2. The molecule has 7 heteroatoms. The Kier molecular flexibility index (Phi) is 6.27. The van der Waals surface area contributed by atoms with E-state index in [4.69, 9.17) is 17.0 Å². The number of nitrogens with one attached hydrogen (secondary N) is 1. The molecule has 1 fully saturated rings. The number of benzene rings is 2. The summed E-state index contributed by atoms with van der Waals surface area (Å²) in [6.45, 7) is 5.10. The predicted octanol–water partition coefficient (Wildman–Crippen LogP) is 2.96. The lowest BCUT2D eigenvalue weighted by Gasteiger charge is -2.36. The molecule has 0 bridgehead atoms. The first-order valence-corrected chi connectivity index (χ1v) is 10.5. The smallest absolute Gasteiger partial charge is 0.150 e. The van der Waals surface area contributed by atoms with Gasteiger partial charge in [-0.3, -0.25) is 10.3 Å². The zero-order chi connectivity index (χ0) is 20.1. The summed E-state index contributed by atoms with van der Waals surface area (Å²) in [5.74, 6) is 1.95. The van der Waals surface area contributed by atoms with Gasteiger partial charge in [0.05, 0.1) is 7.11 Å². The summed E-state index contributed by atoms with van der Waals surface area (Å²) in [7, 11) is 1.71. The molecule has 2 aromatic rings. The Morgan fingerprint density at radius 3 is 2.55 bits per heavy atom. The third-order valence-electron chi connectivity index (χ3n) is 5.49. The van der Waals surface area contributed by atoms with Gasteiger partial charge >= 0.3 is 0 Å². The van der Waals surface area contributed by atoms with E-state index in [9.17, 15) is 0 Å². The quantitative estimate of drug-likeness (QED) is 0.710. The molecule has 1 atom stereocenters. The number of anilines is 2. The zero-order valence-electron chi connectivity index (χ0n) is 16.7. The van der Waals surface area contributed by atoms with Gasteiger partial charge in [0, 0.05) is 62.0 Å². The number of thiocarbonyl (C=S) groups is 1. The van der Waals surface area contributed by atoms with Crippen molar-refractivity contribution in [2.75, 3.05) is 49.6 Å². The molecule has 152 valence electrons. The molecule has 6 nitrogen and oxygen atoms in total. The molecule has 0 amide bonds. The molecule has 2 heterocycles. The van der Waals surface area contributed by atoms with E-state index in [0.29, 0.717) is 0 Å². The van der Waals surface area contributed by atoms with Crippen LogP contribution in [0.4, 0.5) is 11.4 Å². The minimum atomic E-state index is -0.0627. The van der Waals surface area contributed by atoms with Gasteiger partial charge in [0.2, 0.25) is 0 Å². The topological polar surface area (TPSA) is 43.3 Å². The molecule has 1 N–H and O–H groups in total. The van der Waals surface area contributed by atoms with Crippen LogP contribution in [0.25, 0.3) is 0 Å². The van der Waals surface area contributed by atoms with E-state index < -0.39 is 0 Å². The number of piperazine rings is 1. The normalized spacial score (nSPS) is 19.6. The van der Waals surface area contributed by atoms with Crippen LogP contribution in [-0.4, -0.2) is 62.1 Å². The number of ether oxygens (including phenoxy) is 1.